The first-order valence-electron chi connectivity index (χ1n) is 11.1. The molecule has 0 aliphatic carbocycles. The molecule has 4 atom stereocenters. The molecule has 184 valence electrons. The van der Waals surface area contributed by atoms with Crippen LogP contribution in [-0.4, -0.2) is 63.4 Å². The Labute approximate surface area is 197 Å². The predicted molar refractivity (Wildman–Crippen MR) is 124 cm³/mol. The Kier molecular flexibility index (Phi) is 10.2. The maximum Gasteiger partial charge on any atom is 0.326 e. The lowest BCUT2D eigenvalue weighted by atomic mass is 9.98. The zero-order valence-corrected chi connectivity index (χ0v) is 19.3. The minimum atomic E-state index is -1.16. The van der Waals surface area contributed by atoms with Crippen LogP contribution in [-0.2, 0) is 32.0 Å². The number of nitrogens with one attached hydrogen (secondary N) is 4. The number of carboxylic acid groups (broad SMARTS) is 1. The number of H-pyrrole nitrogens is 1. The van der Waals surface area contributed by atoms with Crippen LogP contribution in [0.2, 0.25) is 0 Å². The molecule has 1 heterocycles. The van der Waals surface area contributed by atoms with Crippen LogP contribution >= 0.6 is 0 Å². The molecule has 0 saturated heterocycles. The summed E-state index contributed by atoms with van der Waals surface area (Å²) in [5.41, 5.74) is 6.78. The van der Waals surface area contributed by atoms with Crippen molar-refractivity contribution in [3.63, 3.8) is 0 Å². The minimum absolute atomic E-state index is 0.0489. The summed E-state index contributed by atoms with van der Waals surface area (Å²) >= 11 is 0. The van der Waals surface area contributed by atoms with E-state index in [0.717, 1.165) is 5.56 Å². The summed E-state index contributed by atoms with van der Waals surface area (Å²) in [6, 6.07) is 5.87. The second-order valence-electron chi connectivity index (χ2n) is 8.07. The Morgan fingerprint density at radius 1 is 1.03 bits per heavy atom. The van der Waals surface area contributed by atoms with Gasteiger partial charge in [0.2, 0.25) is 17.7 Å². The Hall–Kier alpha value is -3.73. The zero-order valence-electron chi connectivity index (χ0n) is 19.3. The maximum atomic E-state index is 13.2. The van der Waals surface area contributed by atoms with Gasteiger partial charge in [-0.15, -0.1) is 0 Å². The number of nitrogens with two attached hydrogens (primary N) is 1. The molecule has 7 N–H and O–H groups in total. The van der Waals surface area contributed by atoms with E-state index in [9.17, 15) is 24.3 Å². The maximum absolute atomic E-state index is 13.2. The molecule has 0 spiro atoms. The van der Waals surface area contributed by atoms with Gasteiger partial charge >= 0.3 is 5.97 Å². The van der Waals surface area contributed by atoms with Crippen LogP contribution in [0.4, 0.5) is 0 Å². The molecular weight excluding hydrogens is 440 g/mol. The Morgan fingerprint density at radius 2 is 1.68 bits per heavy atom. The quantitative estimate of drug-likeness (QED) is 0.232. The number of carbonyl (C=O) groups excluding carboxylic acids is 3. The number of benzene rings is 1. The van der Waals surface area contributed by atoms with E-state index < -0.39 is 41.8 Å². The molecule has 1 aromatic carbocycles. The number of aromatic amines is 1. The van der Waals surface area contributed by atoms with Crippen molar-refractivity contribution in [2.45, 2.75) is 51.2 Å². The number of amides is 3. The molecule has 0 bridgehead atoms. The molecule has 11 heteroatoms. The van der Waals surface area contributed by atoms with Crippen LogP contribution in [0.5, 0.6) is 0 Å². The van der Waals surface area contributed by atoms with Gasteiger partial charge in [0, 0.05) is 24.7 Å². The number of carbonyl (C=O) groups is 4. The molecule has 0 aliphatic heterocycles. The topological polar surface area (TPSA) is 179 Å². The van der Waals surface area contributed by atoms with E-state index in [1.54, 1.807) is 6.92 Å². The Balaban J connectivity index is 2.24. The number of nitrogens with zero attached hydrogens (tertiary/aromatic N) is 1. The lowest BCUT2D eigenvalue weighted by molar-refractivity contribution is -0.143. The van der Waals surface area contributed by atoms with Gasteiger partial charge in [-0.3, -0.25) is 14.4 Å². The summed E-state index contributed by atoms with van der Waals surface area (Å²) in [7, 11) is 0. The molecule has 2 rings (SSSR count). The van der Waals surface area contributed by atoms with Crippen LogP contribution in [0.3, 0.4) is 0 Å². The third-order valence-electron chi connectivity index (χ3n) is 5.51. The first kappa shape index (κ1) is 26.5. The zero-order chi connectivity index (χ0) is 25.1. The largest absolute Gasteiger partial charge is 0.480 e. The Morgan fingerprint density at radius 3 is 2.24 bits per heavy atom. The van der Waals surface area contributed by atoms with Crippen molar-refractivity contribution >= 4 is 23.7 Å². The van der Waals surface area contributed by atoms with E-state index in [0.29, 0.717) is 12.1 Å². The van der Waals surface area contributed by atoms with Crippen molar-refractivity contribution in [2.75, 3.05) is 6.54 Å². The van der Waals surface area contributed by atoms with Crippen molar-refractivity contribution in [2.24, 2.45) is 11.7 Å². The van der Waals surface area contributed by atoms with Crippen molar-refractivity contribution in [1.29, 1.82) is 0 Å². The van der Waals surface area contributed by atoms with E-state index >= 15 is 0 Å². The summed E-state index contributed by atoms with van der Waals surface area (Å²) in [6.07, 6.45) is 3.71. The van der Waals surface area contributed by atoms with Gasteiger partial charge in [-0.25, -0.2) is 9.78 Å². The van der Waals surface area contributed by atoms with Gasteiger partial charge in [-0.05, 0) is 11.5 Å². The van der Waals surface area contributed by atoms with Crippen molar-refractivity contribution < 1.29 is 24.3 Å². The first-order chi connectivity index (χ1) is 16.2. The summed E-state index contributed by atoms with van der Waals surface area (Å²) in [5.74, 6) is -3.25. The lowest BCUT2D eigenvalue weighted by Gasteiger charge is -2.26. The van der Waals surface area contributed by atoms with Crippen LogP contribution in [0.1, 0.15) is 31.5 Å². The van der Waals surface area contributed by atoms with Crippen LogP contribution < -0.4 is 21.7 Å². The van der Waals surface area contributed by atoms with Crippen molar-refractivity contribution in [1.82, 2.24) is 25.9 Å². The molecule has 0 unspecified atom stereocenters. The third-order valence-corrected chi connectivity index (χ3v) is 5.51. The second-order valence-corrected chi connectivity index (χ2v) is 8.07. The first-order valence-corrected chi connectivity index (χ1v) is 11.1. The molecule has 0 fully saturated rings. The standard InChI is InChI=1S/C23H32N6O5/c1-3-14(2)20(23(33)34)29-22(32)18(10-16-12-25-13-26-16)28-21(31)17(27-19(30)11-24)9-15-7-5-4-6-8-15/h4-8,12-14,17-18,20H,3,9-11,24H2,1-2H3,(H,25,26)(H,27,30)(H,28,31)(H,29,32)(H,33,34)/t14-,17-,18-,20-/m0/s1. The van der Waals surface area contributed by atoms with Crippen LogP contribution in [0.15, 0.2) is 42.9 Å². The van der Waals surface area contributed by atoms with Gasteiger partial charge < -0.3 is 31.8 Å². The molecule has 1 aromatic heterocycles. The minimum Gasteiger partial charge on any atom is -0.480 e. The van der Waals surface area contributed by atoms with E-state index in [-0.39, 0.29) is 25.3 Å². The number of hydrogen-bond donors (Lipinski definition) is 6. The number of rotatable bonds is 13. The van der Waals surface area contributed by atoms with Crippen molar-refractivity contribution in [3.05, 3.63) is 54.1 Å². The summed E-state index contributed by atoms with van der Waals surface area (Å²) < 4.78 is 0. The average Bonchev–Trinajstić information content (AvgIpc) is 3.34. The third kappa shape index (κ3) is 8.00. The molecule has 3 amide bonds. The fourth-order valence-corrected chi connectivity index (χ4v) is 3.35. The highest BCUT2D eigenvalue weighted by molar-refractivity contribution is 5.93. The molecule has 0 aliphatic rings. The van der Waals surface area contributed by atoms with E-state index in [1.807, 2.05) is 37.3 Å². The van der Waals surface area contributed by atoms with Gasteiger partial charge in [0.1, 0.15) is 18.1 Å². The van der Waals surface area contributed by atoms with E-state index in [4.69, 9.17) is 5.73 Å². The number of carboxylic acids is 1. The second kappa shape index (κ2) is 13.1. The number of hydrogen-bond acceptors (Lipinski definition) is 6. The number of aromatic nitrogens is 2. The summed E-state index contributed by atoms with van der Waals surface area (Å²) in [5, 5.41) is 17.3. The fourth-order valence-electron chi connectivity index (χ4n) is 3.35. The highest BCUT2D eigenvalue weighted by atomic mass is 16.4. The Bertz CT molecular complexity index is 950. The molecule has 2 aromatic rings. The van der Waals surface area contributed by atoms with E-state index in [1.165, 1.54) is 12.5 Å². The fraction of sp³-hybridized carbons (Fsp3) is 0.435. The number of aliphatic carboxylic acids is 1. The monoisotopic (exact) mass is 472 g/mol. The van der Waals surface area contributed by atoms with Gasteiger partial charge in [-0.1, -0.05) is 50.6 Å². The molecule has 11 nitrogen and oxygen atoms in total. The average molecular weight is 473 g/mol. The van der Waals surface area contributed by atoms with Crippen LogP contribution in [0.25, 0.3) is 0 Å². The van der Waals surface area contributed by atoms with Crippen molar-refractivity contribution in [3.8, 4) is 0 Å². The predicted octanol–water partition coefficient (Wildman–Crippen LogP) is -0.261. The van der Waals surface area contributed by atoms with Gasteiger partial charge in [0.15, 0.2) is 0 Å². The smallest absolute Gasteiger partial charge is 0.326 e. The highest BCUT2D eigenvalue weighted by Crippen LogP contribution is 2.10. The SMILES string of the molecule is CC[C@H](C)[C@H](NC(=O)[C@H](Cc1cnc[nH]1)NC(=O)[C@H](Cc1ccccc1)NC(=O)CN)C(=O)O. The highest BCUT2D eigenvalue weighted by Gasteiger charge is 2.31. The lowest BCUT2D eigenvalue weighted by Crippen LogP contribution is -2.58. The summed E-state index contributed by atoms with van der Waals surface area (Å²) in [6.45, 7) is 3.25. The summed E-state index contributed by atoms with van der Waals surface area (Å²) in [4.78, 5) is 56.7. The normalized spacial score (nSPS) is 14.3. The van der Waals surface area contributed by atoms with Gasteiger partial charge in [-0.2, -0.15) is 0 Å². The van der Waals surface area contributed by atoms with E-state index in [2.05, 4.69) is 25.9 Å². The molecule has 34 heavy (non-hydrogen) atoms. The van der Waals surface area contributed by atoms with Gasteiger partial charge in [0.05, 0.1) is 12.9 Å². The molecule has 0 radical (unpaired) electrons. The molecular formula is C23H32N6O5. The van der Waals surface area contributed by atoms with Crippen LogP contribution in [0, 0.1) is 5.92 Å². The number of imidazole rings is 1. The molecule has 0 saturated carbocycles. The van der Waals surface area contributed by atoms with Gasteiger partial charge in [0.25, 0.3) is 0 Å².